The lowest BCUT2D eigenvalue weighted by Gasteiger charge is -2.35. The zero-order chi connectivity index (χ0) is 20.1. The van der Waals surface area contributed by atoms with E-state index in [2.05, 4.69) is 11.8 Å². The second kappa shape index (κ2) is 10.9. The third kappa shape index (κ3) is 6.68. The SMILES string of the molecule is Cc1ccc(OCC(O)CN2CCC(C(O)c3ccc(F)cc3)CC2)cc1C.Cl. The first-order valence-corrected chi connectivity index (χ1v) is 9.96. The Morgan fingerprint density at radius 1 is 1.03 bits per heavy atom. The van der Waals surface area contributed by atoms with Crippen LogP contribution >= 0.6 is 12.4 Å². The van der Waals surface area contributed by atoms with Crippen molar-refractivity contribution in [3.8, 4) is 5.75 Å². The minimum Gasteiger partial charge on any atom is -0.491 e. The van der Waals surface area contributed by atoms with Crippen LogP contribution in [0.4, 0.5) is 4.39 Å². The van der Waals surface area contributed by atoms with Crippen molar-refractivity contribution in [3.05, 3.63) is 65.0 Å². The minimum atomic E-state index is -0.569. The smallest absolute Gasteiger partial charge is 0.123 e. The first-order chi connectivity index (χ1) is 13.4. The lowest BCUT2D eigenvalue weighted by atomic mass is 9.87. The third-order valence-corrected chi connectivity index (χ3v) is 5.68. The van der Waals surface area contributed by atoms with Gasteiger partial charge in [-0.1, -0.05) is 18.2 Å². The first-order valence-electron chi connectivity index (χ1n) is 9.96. The molecular weight excluding hydrogens is 393 g/mol. The van der Waals surface area contributed by atoms with Gasteiger partial charge < -0.3 is 19.8 Å². The van der Waals surface area contributed by atoms with Gasteiger partial charge in [0.2, 0.25) is 0 Å². The second-order valence-corrected chi connectivity index (χ2v) is 7.85. The van der Waals surface area contributed by atoms with E-state index in [9.17, 15) is 14.6 Å². The third-order valence-electron chi connectivity index (χ3n) is 5.68. The Kier molecular flexibility index (Phi) is 8.90. The Bertz CT molecular complexity index is 763. The van der Waals surface area contributed by atoms with Gasteiger partial charge in [0.1, 0.15) is 24.3 Å². The van der Waals surface area contributed by atoms with Gasteiger partial charge in [-0.15, -0.1) is 12.4 Å². The van der Waals surface area contributed by atoms with E-state index in [0.717, 1.165) is 37.2 Å². The van der Waals surface area contributed by atoms with Gasteiger partial charge >= 0.3 is 0 Å². The molecule has 0 saturated carbocycles. The average molecular weight is 424 g/mol. The summed E-state index contributed by atoms with van der Waals surface area (Å²) in [5.41, 5.74) is 3.16. The largest absolute Gasteiger partial charge is 0.491 e. The summed E-state index contributed by atoms with van der Waals surface area (Å²) in [6.45, 7) is 6.58. The topological polar surface area (TPSA) is 52.9 Å². The molecule has 29 heavy (non-hydrogen) atoms. The Morgan fingerprint density at radius 2 is 1.69 bits per heavy atom. The van der Waals surface area contributed by atoms with Crippen molar-refractivity contribution in [2.45, 2.75) is 38.9 Å². The fourth-order valence-electron chi connectivity index (χ4n) is 3.73. The summed E-state index contributed by atoms with van der Waals surface area (Å²) < 4.78 is 18.8. The second-order valence-electron chi connectivity index (χ2n) is 7.85. The number of nitrogens with zero attached hydrogens (tertiary/aromatic N) is 1. The summed E-state index contributed by atoms with van der Waals surface area (Å²) in [6.07, 6.45) is 0.577. The normalized spacial score (nSPS) is 17.4. The molecule has 4 nitrogen and oxygen atoms in total. The highest BCUT2D eigenvalue weighted by Gasteiger charge is 2.27. The summed E-state index contributed by atoms with van der Waals surface area (Å²) in [5.74, 6) is 0.650. The van der Waals surface area contributed by atoms with Crippen LogP contribution in [0.5, 0.6) is 5.75 Å². The molecule has 0 spiro atoms. The lowest BCUT2D eigenvalue weighted by Crippen LogP contribution is -2.41. The van der Waals surface area contributed by atoms with Crippen LogP contribution in [0.3, 0.4) is 0 Å². The maximum absolute atomic E-state index is 13.1. The van der Waals surface area contributed by atoms with Crippen LogP contribution in [0.15, 0.2) is 42.5 Å². The molecule has 2 aromatic rings. The zero-order valence-corrected chi connectivity index (χ0v) is 17.9. The molecule has 1 saturated heterocycles. The number of benzene rings is 2. The van der Waals surface area contributed by atoms with E-state index >= 15 is 0 Å². The Morgan fingerprint density at radius 3 is 2.31 bits per heavy atom. The van der Waals surface area contributed by atoms with Crippen molar-refractivity contribution in [2.75, 3.05) is 26.2 Å². The molecule has 2 atom stereocenters. The fourth-order valence-corrected chi connectivity index (χ4v) is 3.73. The van der Waals surface area contributed by atoms with E-state index in [0.29, 0.717) is 6.54 Å². The number of piperidine rings is 1. The van der Waals surface area contributed by atoms with Crippen LogP contribution < -0.4 is 4.74 Å². The van der Waals surface area contributed by atoms with Crippen LogP contribution in [-0.2, 0) is 0 Å². The van der Waals surface area contributed by atoms with E-state index in [1.165, 1.54) is 23.3 Å². The number of aliphatic hydroxyl groups is 2. The van der Waals surface area contributed by atoms with Crippen molar-refractivity contribution < 1.29 is 19.3 Å². The molecule has 1 heterocycles. The highest BCUT2D eigenvalue weighted by Crippen LogP contribution is 2.30. The monoisotopic (exact) mass is 423 g/mol. The molecule has 2 unspecified atom stereocenters. The first kappa shape index (κ1) is 23.6. The minimum absolute atomic E-state index is 0. The van der Waals surface area contributed by atoms with Gasteiger partial charge in [0.25, 0.3) is 0 Å². The van der Waals surface area contributed by atoms with Gasteiger partial charge in [0.05, 0.1) is 6.10 Å². The fraction of sp³-hybridized carbons (Fsp3) is 0.478. The van der Waals surface area contributed by atoms with Crippen molar-refractivity contribution in [1.82, 2.24) is 4.90 Å². The van der Waals surface area contributed by atoms with Gasteiger partial charge in [-0.05, 0) is 86.7 Å². The van der Waals surface area contributed by atoms with Crippen molar-refractivity contribution in [3.63, 3.8) is 0 Å². The summed E-state index contributed by atoms with van der Waals surface area (Å²) in [6, 6.07) is 12.0. The van der Waals surface area contributed by atoms with Crippen molar-refractivity contribution in [2.24, 2.45) is 5.92 Å². The quantitative estimate of drug-likeness (QED) is 0.705. The standard InChI is InChI=1S/C23H30FNO3.ClH/c1-16-3-8-22(13-17(16)2)28-15-21(26)14-25-11-9-19(10-12-25)23(27)18-4-6-20(24)7-5-18;/h3-8,13,19,21,23,26-27H,9-12,14-15H2,1-2H3;1H. The van der Waals surface area contributed by atoms with Crippen LogP contribution in [0.25, 0.3) is 0 Å². The van der Waals surface area contributed by atoms with Crippen LogP contribution in [0.1, 0.15) is 35.6 Å². The number of β-amino-alcohol motifs (C(OH)–C–C–N with tert-alkyl or cyclic N) is 1. The van der Waals surface area contributed by atoms with E-state index in [1.54, 1.807) is 12.1 Å². The number of halogens is 2. The average Bonchev–Trinajstić information content (AvgIpc) is 2.69. The predicted octanol–water partition coefficient (Wildman–Crippen LogP) is 4.05. The van der Waals surface area contributed by atoms with Crippen LogP contribution in [0, 0.1) is 25.6 Å². The number of hydrogen-bond acceptors (Lipinski definition) is 4. The lowest BCUT2D eigenvalue weighted by molar-refractivity contribution is 0.0278. The molecule has 0 amide bonds. The predicted molar refractivity (Wildman–Crippen MR) is 115 cm³/mol. The van der Waals surface area contributed by atoms with Gasteiger partial charge in [-0.25, -0.2) is 4.39 Å². The molecule has 2 N–H and O–H groups in total. The van der Waals surface area contributed by atoms with Gasteiger partial charge in [0.15, 0.2) is 0 Å². The van der Waals surface area contributed by atoms with Crippen LogP contribution in [0.2, 0.25) is 0 Å². The molecule has 1 fully saturated rings. The number of aliphatic hydroxyl groups excluding tert-OH is 2. The molecule has 0 aliphatic carbocycles. The summed E-state index contributed by atoms with van der Waals surface area (Å²) in [7, 11) is 0. The molecule has 6 heteroatoms. The maximum atomic E-state index is 13.1. The molecule has 1 aliphatic rings. The van der Waals surface area contributed by atoms with E-state index < -0.39 is 12.2 Å². The van der Waals surface area contributed by atoms with E-state index in [4.69, 9.17) is 4.74 Å². The molecule has 1 aliphatic heterocycles. The van der Waals surface area contributed by atoms with Crippen molar-refractivity contribution >= 4 is 12.4 Å². The molecule has 0 aromatic heterocycles. The Balaban J connectivity index is 0.00000300. The number of aryl methyl sites for hydroxylation is 2. The number of hydrogen-bond donors (Lipinski definition) is 2. The highest BCUT2D eigenvalue weighted by atomic mass is 35.5. The molecular formula is C23H31ClFNO3. The molecule has 0 radical (unpaired) electrons. The molecule has 3 rings (SSSR count). The summed E-state index contributed by atoms with van der Waals surface area (Å²) in [4.78, 5) is 2.21. The summed E-state index contributed by atoms with van der Waals surface area (Å²) in [5, 5.41) is 20.9. The van der Waals surface area contributed by atoms with Gasteiger partial charge in [-0.2, -0.15) is 0 Å². The number of ether oxygens (including phenoxy) is 1. The molecule has 160 valence electrons. The van der Waals surface area contributed by atoms with Crippen LogP contribution in [-0.4, -0.2) is 47.5 Å². The Labute approximate surface area is 178 Å². The summed E-state index contributed by atoms with van der Waals surface area (Å²) >= 11 is 0. The zero-order valence-electron chi connectivity index (χ0n) is 17.1. The Hall–Kier alpha value is -1.66. The van der Waals surface area contributed by atoms with E-state index in [1.807, 2.05) is 25.1 Å². The van der Waals surface area contributed by atoms with Gasteiger partial charge in [-0.3, -0.25) is 0 Å². The maximum Gasteiger partial charge on any atom is 0.123 e. The number of likely N-dealkylation sites (tertiary alicyclic amines) is 1. The number of rotatable bonds is 7. The van der Waals surface area contributed by atoms with Gasteiger partial charge in [0, 0.05) is 6.54 Å². The molecule has 0 bridgehead atoms. The van der Waals surface area contributed by atoms with Crippen molar-refractivity contribution in [1.29, 1.82) is 0 Å². The molecule has 2 aromatic carbocycles. The highest BCUT2D eigenvalue weighted by molar-refractivity contribution is 5.85. The van der Waals surface area contributed by atoms with E-state index in [-0.39, 0.29) is 30.7 Å².